The lowest BCUT2D eigenvalue weighted by Gasteiger charge is -2.10. The Balaban J connectivity index is 1.96. The van der Waals surface area contributed by atoms with Crippen LogP contribution < -0.4 is 10.1 Å². The summed E-state index contributed by atoms with van der Waals surface area (Å²) in [6, 6.07) is 12.6. The topological polar surface area (TPSA) is 41.5 Å². The van der Waals surface area contributed by atoms with Crippen LogP contribution in [0.3, 0.4) is 0 Å². The third kappa shape index (κ3) is 3.56. The smallest absolute Gasteiger partial charge is 0.128 e. The van der Waals surface area contributed by atoms with Crippen molar-refractivity contribution in [2.45, 2.75) is 19.7 Å². The first-order chi connectivity index (χ1) is 9.74. The van der Waals surface area contributed by atoms with Crippen molar-refractivity contribution in [2.24, 2.45) is 0 Å². The molecule has 2 rings (SSSR count). The molecule has 0 aliphatic heterocycles. The number of aliphatic hydroxyl groups excluding tert-OH is 1. The van der Waals surface area contributed by atoms with Crippen LogP contribution in [-0.4, -0.2) is 12.2 Å². The van der Waals surface area contributed by atoms with Gasteiger partial charge in [0.15, 0.2) is 0 Å². The maximum absolute atomic E-state index is 13.3. The van der Waals surface area contributed by atoms with E-state index < -0.39 is 0 Å². The summed E-state index contributed by atoms with van der Waals surface area (Å²) in [6.45, 7) is 0.980. The molecule has 0 atom stereocenters. The lowest BCUT2D eigenvalue weighted by Crippen LogP contribution is -2.13. The van der Waals surface area contributed by atoms with Gasteiger partial charge in [-0.25, -0.2) is 4.39 Å². The molecule has 2 aromatic carbocycles. The van der Waals surface area contributed by atoms with Gasteiger partial charge in [0.05, 0.1) is 13.7 Å². The fourth-order valence-corrected chi connectivity index (χ4v) is 2.05. The van der Waals surface area contributed by atoms with Crippen LogP contribution in [-0.2, 0) is 19.7 Å². The maximum atomic E-state index is 13.3. The van der Waals surface area contributed by atoms with Crippen molar-refractivity contribution in [1.29, 1.82) is 0 Å². The quantitative estimate of drug-likeness (QED) is 0.851. The Kier molecular flexibility index (Phi) is 5.09. The molecule has 0 aromatic heterocycles. The third-order valence-corrected chi connectivity index (χ3v) is 3.12. The first-order valence-electron chi connectivity index (χ1n) is 6.45. The molecule has 3 nitrogen and oxygen atoms in total. The highest BCUT2D eigenvalue weighted by Crippen LogP contribution is 2.17. The number of para-hydroxylation sites is 1. The number of methoxy groups -OCH3 is 1. The number of rotatable bonds is 6. The monoisotopic (exact) mass is 275 g/mol. The van der Waals surface area contributed by atoms with Crippen molar-refractivity contribution in [3.05, 3.63) is 65.0 Å². The van der Waals surface area contributed by atoms with E-state index in [-0.39, 0.29) is 12.4 Å². The van der Waals surface area contributed by atoms with Gasteiger partial charge < -0.3 is 15.2 Å². The number of aliphatic hydroxyl groups is 1. The van der Waals surface area contributed by atoms with Crippen LogP contribution in [0.25, 0.3) is 0 Å². The van der Waals surface area contributed by atoms with Gasteiger partial charge in [0.25, 0.3) is 0 Å². The number of hydrogen-bond donors (Lipinski definition) is 2. The zero-order valence-corrected chi connectivity index (χ0v) is 11.4. The van der Waals surface area contributed by atoms with Gasteiger partial charge >= 0.3 is 0 Å². The molecule has 0 radical (unpaired) electrons. The van der Waals surface area contributed by atoms with E-state index in [1.54, 1.807) is 19.2 Å². The van der Waals surface area contributed by atoms with Gasteiger partial charge in [0, 0.05) is 24.2 Å². The van der Waals surface area contributed by atoms with Gasteiger partial charge in [0.1, 0.15) is 11.6 Å². The Labute approximate surface area is 118 Å². The minimum absolute atomic E-state index is 0.286. The summed E-state index contributed by atoms with van der Waals surface area (Å²) in [4.78, 5) is 0. The second-order valence-electron chi connectivity index (χ2n) is 4.50. The van der Waals surface area contributed by atoms with Crippen LogP contribution >= 0.6 is 0 Å². The summed E-state index contributed by atoms with van der Waals surface area (Å²) in [6.07, 6.45) is 0. The first-order valence-corrected chi connectivity index (χ1v) is 6.45. The van der Waals surface area contributed by atoms with Gasteiger partial charge in [-0.05, 0) is 23.8 Å². The van der Waals surface area contributed by atoms with E-state index in [1.165, 1.54) is 6.07 Å². The Morgan fingerprint density at radius 2 is 1.90 bits per heavy atom. The van der Waals surface area contributed by atoms with Crippen molar-refractivity contribution in [2.75, 3.05) is 7.11 Å². The zero-order chi connectivity index (χ0) is 14.4. The molecular weight excluding hydrogens is 257 g/mol. The molecule has 0 unspecified atom stereocenters. The van der Waals surface area contributed by atoms with Crippen LogP contribution in [0.2, 0.25) is 0 Å². The molecule has 20 heavy (non-hydrogen) atoms. The normalized spacial score (nSPS) is 10.6. The highest BCUT2D eigenvalue weighted by molar-refractivity contribution is 5.33. The van der Waals surface area contributed by atoms with E-state index in [4.69, 9.17) is 9.84 Å². The van der Waals surface area contributed by atoms with Crippen LogP contribution in [0.1, 0.15) is 16.7 Å². The van der Waals surface area contributed by atoms with Gasteiger partial charge in [-0.3, -0.25) is 0 Å². The average molecular weight is 275 g/mol. The van der Waals surface area contributed by atoms with Crippen LogP contribution in [0.15, 0.2) is 42.5 Å². The fraction of sp³-hybridized carbons (Fsp3) is 0.250. The molecule has 0 saturated heterocycles. The fourth-order valence-electron chi connectivity index (χ4n) is 2.05. The van der Waals surface area contributed by atoms with Gasteiger partial charge in [0.2, 0.25) is 0 Å². The molecule has 2 aromatic rings. The largest absolute Gasteiger partial charge is 0.496 e. The predicted octanol–water partition coefficient (Wildman–Crippen LogP) is 2.62. The molecule has 0 aliphatic rings. The van der Waals surface area contributed by atoms with E-state index in [2.05, 4.69) is 5.32 Å². The van der Waals surface area contributed by atoms with Crippen molar-refractivity contribution >= 4 is 0 Å². The minimum Gasteiger partial charge on any atom is -0.496 e. The number of ether oxygens (including phenoxy) is 1. The average Bonchev–Trinajstić information content (AvgIpc) is 2.49. The summed E-state index contributed by atoms with van der Waals surface area (Å²) in [5.41, 5.74) is 2.33. The van der Waals surface area contributed by atoms with Crippen molar-refractivity contribution in [3.8, 4) is 5.75 Å². The van der Waals surface area contributed by atoms with E-state index in [0.717, 1.165) is 16.9 Å². The van der Waals surface area contributed by atoms with Crippen molar-refractivity contribution < 1.29 is 14.2 Å². The second kappa shape index (κ2) is 7.03. The minimum atomic E-state index is -0.374. The van der Waals surface area contributed by atoms with E-state index >= 15 is 0 Å². The number of halogens is 1. The van der Waals surface area contributed by atoms with E-state index in [1.807, 2.05) is 24.3 Å². The summed E-state index contributed by atoms with van der Waals surface area (Å²) in [5.74, 6) is 0.469. The number of hydrogen-bond acceptors (Lipinski definition) is 3. The van der Waals surface area contributed by atoms with Crippen molar-refractivity contribution in [3.63, 3.8) is 0 Å². The Morgan fingerprint density at radius 1 is 1.10 bits per heavy atom. The summed E-state index contributed by atoms with van der Waals surface area (Å²) >= 11 is 0. The Morgan fingerprint density at radius 3 is 2.65 bits per heavy atom. The van der Waals surface area contributed by atoms with Crippen LogP contribution in [0, 0.1) is 5.82 Å². The van der Waals surface area contributed by atoms with Crippen LogP contribution in [0.5, 0.6) is 5.75 Å². The summed E-state index contributed by atoms with van der Waals surface area (Å²) in [5, 5.41) is 12.3. The van der Waals surface area contributed by atoms with Crippen molar-refractivity contribution in [1.82, 2.24) is 5.32 Å². The molecule has 0 spiro atoms. The van der Waals surface area contributed by atoms with Gasteiger partial charge in [-0.1, -0.05) is 24.3 Å². The molecule has 0 fully saturated rings. The highest BCUT2D eigenvalue weighted by Gasteiger charge is 2.04. The van der Waals surface area contributed by atoms with E-state index in [9.17, 15) is 4.39 Å². The summed E-state index contributed by atoms with van der Waals surface area (Å²) < 4.78 is 18.5. The van der Waals surface area contributed by atoms with Gasteiger partial charge in [-0.2, -0.15) is 0 Å². The SMILES string of the molecule is COc1ccccc1CNCc1ccc(F)c(CO)c1. The molecule has 0 saturated carbocycles. The molecule has 4 heteroatoms. The molecule has 0 heterocycles. The molecular formula is C16H18FNO2. The lowest BCUT2D eigenvalue weighted by molar-refractivity contribution is 0.275. The highest BCUT2D eigenvalue weighted by atomic mass is 19.1. The maximum Gasteiger partial charge on any atom is 0.128 e. The molecule has 0 aliphatic carbocycles. The molecule has 0 bridgehead atoms. The zero-order valence-electron chi connectivity index (χ0n) is 11.4. The summed E-state index contributed by atoms with van der Waals surface area (Å²) in [7, 11) is 1.65. The molecule has 0 amide bonds. The first kappa shape index (κ1) is 14.5. The van der Waals surface area contributed by atoms with Gasteiger partial charge in [-0.15, -0.1) is 0 Å². The third-order valence-electron chi connectivity index (χ3n) is 3.12. The standard InChI is InChI=1S/C16H18FNO2/c1-20-16-5-3-2-4-13(16)10-18-9-12-6-7-15(17)14(8-12)11-19/h2-8,18-19H,9-11H2,1H3. The lowest BCUT2D eigenvalue weighted by atomic mass is 10.1. The predicted molar refractivity (Wildman–Crippen MR) is 75.9 cm³/mol. The number of nitrogens with one attached hydrogen (secondary N) is 1. The Hall–Kier alpha value is -1.91. The second-order valence-corrected chi connectivity index (χ2v) is 4.50. The number of benzene rings is 2. The van der Waals surface area contributed by atoms with E-state index in [0.29, 0.717) is 18.7 Å². The Bertz CT molecular complexity index is 572. The molecule has 2 N–H and O–H groups in total. The molecule has 106 valence electrons. The van der Waals surface area contributed by atoms with Crippen LogP contribution in [0.4, 0.5) is 4.39 Å².